The normalized spacial score (nSPS) is 11.9. The zero-order valence-corrected chi connectivity index (χ0v) is 11.4. The van der Waals surface area contributed by atoms with Crippen LogP contribution in [-0.2, 0) is 6.18 Å². The highest BCUT2D eigenvalue weighted by Crippen LogP contribution is 2.31. The summed E-state index contributed by atoms with van der Waals surface area (Å²) in [6.45, 7) is 1.77. The van der Waals surface area contributed by atoms with Crippen molar-refractivity contribution >= 4 is 27.5 Å². The topological polar surface area (TPSA) is 17.8 Å². The number of rotatable bonds is 1. The Bertz CT molecular complexity index is 592. The Morgan fingerprint density at radius 3 is 2.44 bits per heavy atom. The van der Waals surface area contributed by atoms with Gasteiger partial charge in [-0.2, -0.15) is 18.3 Å². The van der Waals surface area contributed by atoms with Crippen LogP contribution in [0.2, 0.25) is 5.15 Å². The summed E-state index contributed by atoms with van der Waals surface area (Å²) in [5, 5.41) is 3.41. The number of alkyl halides is 3. The van der Waals surface area contributed by atoms with Crippen molar-refractivity contribution in [3.8, 4) is 5.69 Å². The molecule has 0 amide bonds. The molecule has 0 aliphatic carbocycles. The summed E-state index contributed by atoms with van der Waals surface area (Å²) in [5.74, 6) is 0. The first kappa shape index (κ1) is 13.4. The fourth-order valence-electron chi connectivity index (χ4n) is 1.52. The van der Waals surface area contributed by atoms with Crippen molar-refractivity contribution in [3.63, 3.8) is 0 Å². The van der Waals surface area contributed by atoms with Gasteiger partial charge in [0.05, 0.1) is 5.69 Å². The predicted molar refractivity (Wildman–Crippen MR) is 66.0 cm³/mol. The van der Waals surface area contributed by atoms with E-state index in [9.17, 15) is 13.2 Å². The Hall–Kier alpha value is -1.01. The molecule has 0 radical (unpaired) electrons. The Kier molecular flexibility index (Phi) is 3.42. The molecule has 2 nitrogen and oxygen atoms in total. The lowest BCUT2D eigenvalue weighted by atomic mass is 10.2. The Morgan fingerprint density at radius 1 is 1.28 bits per heavy atom. The van der Waals surface area contributed by atoms with E-state index < -0.39 is 11.9 Å². The van der Waals surface area contributed by atoms with Crippen LogP contribution in [0.15, 0.2) is 28.7 Å². The molecule has 0 N–H and O–H groups in total. The SMILES string of the molecule is Cc1cc(Br)ccc1-n1nc(C(F)(F)F)cc1Cl. The molecule has 1 aromatic carbocycles. The summed E-state index contributed by atoms with van der Waals surface area (Å²) in [5.41, 5.74) is 0.275. The first-order chi connectivity index (χ1) is 8.29. The number of aromatic nitrogens is 2. The molecule has 0 aliphatic heterocycles. The van der Waals surface area contributed by atoms with E-state index in [2.05, 4.69) is 21.0 Å². The summed E-state index contributed by atoms with van der Waals surface area (Å²) >= 11 is 9.07. The van der Waals surface area contributed by atoms with Crippen LogP contribution in [0.25, 0.3) is 5.69 Å². The monoisotopic (exact) mass is 338 g/mol. The largest absolute Gasteiger partial charge is 0.435 e. The van der Waals surface area contributed by atoms with Gasteiger partial charge in [-0.25, -0.2) is 4.68 Å². The van der Waals surface area contributed by atoms with Gasteiger partial charge in [-0.1, -0.05) is 27.5 Å². The van der Waals surface area contributed by atoms with Crippen molar-refractivity contribution in [3.05, 3.63) is 45.1 Å². The van der Waals surface area contributed by atoms with Crippen molar-refractivity contribution in [1.82, 2.24) is 9.78 Å². The molecule has 0 saturated heterocycles. The lowest BCUT2D eigenvalue weighted by Crippen LogP contribution is -2.07. The summed E-state index contributed by atoms with van der Waals surface area (Å²) < 4.78 is 39.5. The molecule has 18 heavy (non-hydrogen) atoms. The Labute approximate surface area is 114 Å². The van der Waals surface area contributed by atoms with Gasteiger partial charge in [0.25, 0.3) is 0 Å². The number of halogens is 5. The molecule has 0 aliphatic rings. The minimum Gasteiger partial charge on any atom is -0.221 e. The zero-order chi connectivity index (χ0) is 13.5. The maximum Gasteiger partial charge on any atom is 0.435 e. The molecule has 0 unspecified atom stereocenters. The fraction of sp³-hybridized carbons (Fsp3) is 0.182. The third-order valence-corrected chi connectivity index (χ3v) is 3.11. The molecule has 0 spiro atoms. The number of nitrogens with zero attached hydrogens (tertiary/aromatic N) is 2. The summed E-state index contributed by atoms with van der Waals surface area (Å²) in [4.78, 5) is 0. The molecule has 1 aromatic heterocycles. The predicted octanol–water partition coefficient (Wildman–Crippen LogP) is 4.62. The fourth-order valence-corrected chi connectivity index (χ4v) is 2.23. The molecule has 96 valence electrons. The van der Waals surface area contributed by atoms with Crippen molar-refractivity contribution < 1.29 is 13.2 Å². The number of hydrogen-bond acceptors (Lipinski definition) is 1. The van der Waals surface area contributed by atoms with Crippen molar-refractivity contribution in [2.45, 2.75) is 13.1 Å². The van der Waals surface area contributed by atoms with Crippen LogP contribution in [0.3, 0.4) is 0 Å². The number of benzene rings is 1. The van der Waals surface area contributed by atoms with Gasteiger partial charge in [0, 0.05) is 10.5 Å². The average Bonchev–Trinajstić information content (AvgIpc) is 2.60. The summed E-state index contributed by atoms with van der Waals surface area (Å²) in [7, 11) is 0. The van der Waals surface area contributed by atoms with Gasteiger partial charge in [0.1, 0.15) is 5.15 Å². The lowest BCUT2D eigenvalue weighted by molar-refractivity contribution is -0.141. The van der Waals surface area contributed by atoms with E-state index in [0.717, 1.165) is 20.8 Å². The van der Waals surface area contributed by atoms with E-state index >= 15 is 0 Å². The zero-order valence-electron chi connectivity index (χ0n) is 9.09. The first-order valence-electron chi connectivity index (χ1n) is 4.88. The van der Waals surface area contributed by atoms with Crippen LogP contribution in [0.1, 0.15) is 11.3 Å². The molecule has 0 fully saturated rings. The third kappa shape index (κ3) is 2.54. The highest BCUT2D eigenvalue weighted by Gasteiger charge is 2.35. The Balaban J connectivity index is 2.55. The maximum absolute atomic E-state index is 12.5. The highest BCUT2D eigenvalue weighted by atomic mass is 79.9. The number of aryl methyl sites for hydroxylation is 1. The summed E-state index contributed by atoms with van der Waals surface area (Å²) in [6, 6.07) is 5.95. The van der Waals surface area contributed by atoms with Gasteiger partial charge in [-0.05, 0) is 30.7 Å². The van der Waals surface area contributed by atoms with Crippen LogP contribution in [-0.4, -0.2) is 9.78 Å². The molecule has 2 rings (SSSR count). The van der Waals surface area contributed by atoms with E-state index in [1.807, 2.05) is 0 Å². The average molecular weight is 340 g/mol. The van der Waals surface area contributed by atoms with Gasteiger partial charge in [0.2, 0.25) is 0 Å². The van der Waals surface area contributed by atoms with Crippen LogP contribution in [0.4, 0.5) is 13.2 Å². The van der Waals surface area contributed by atoms with Crippen molar-refractivity contribution in [2.75, 3.05) is 0 Å². The second-order valence-electron chi connectivity index (χ2n) is 3.69. The van der Waals surface area contributed by atoms with Crippen LogP contribution < -0.4 is 0 Å². The third-order valence-electron chi connectivity index (χ3n) is 2.34. The van der Waals surface area contributed by atoms with Crippen molar-refractivity contribution in [2.24, 2.45) is 0 Å². The van der Waals surface area contributed by atoms with Gasteiger partial charge in [-0.15, -0.1) is 0 Å². The molecular weight excluding hydrogens is 332 g/mol. The smallest absolute Gasteiger partial charge is 0.221 e. The van der Waals surface area contributed by atoms with Crippen LogP contribution in [0, 0.1) is 6.92 Å². The molecule has 2 aromatic rings. The standard InChI is InChI=1S/C11H7BrClF3N2/c1-6-4-7(12)2-3-8(6)18-10(13)5-9(17-18)11(14,15)16/h2-5H,1H3. The van der Waals surface area contributed by atoms with Gasteiger partial charge >= 0.3 is 6.18 Å². The molecule has 0 atom stereocenters. The van der Waals surface area contributed by atoms with Crippen LogP contribution in [0.5, 0.6) is 0 Å². The minimum atomic E-state index is -4.50. The molecule has 0 saturated carbocycles. The Morgan fingerprint density at radius 2 is 1.94 bits per heavy atom. The molecule has 7 heteroatoms. The number of hydrogen-bond donors (Lipinski definition) is 0. The molecular formula is C11H7BrClF3N2. The van der Waals surface area contributed by atoms with E-state index in [1.54, 1.807) is 25.1 Å². The lowest BCUT2D eigenvalue weighted by Gasteiger charge is -2.07. The van der Waals surface area contributed by atoms with E-state index in [0.29, 0.717) is 5.69 Å². The second kappa shape index (κ2) is 4.59. The quantitative estimate of drug-likeness (QED) is 0.741. The van der Waals surface area contributed by atoms with Gasteiger partial charge in [0.15, 0.2) is 5.69 Å². The van der Waals surface area contributed by atoms with Crippen LogP contribution >= 0.6 is 27.5 Å². The van der Waals surface area contributed by atoms with E-state index in [-0.39, 0.29) is 5.15 Å². The van der Waals surface area contributed by atoms with E-state index in [1.165, 1.54) is 0 Å². The maximum atomic E-state index is 12.5. The minimum absolute atomic E-state index is 0.0762. The summed E-state index contributed by atoms with van der Waals surface area (Å²) in [6.07, 6.45) is -4.50. The molecule has 1 heterocycles. The van der Waals surface area contributed by atoms with E-state index in [4.69, 9.17) is 11.6 Å². The second-order valence-corrected chi connectivity index (χ2v) is 5.00. The highest BCUT2D eigenvalue weighted by molar-refractivity contribution is 9.10. The van der Waals surface area contributed by atoms with Gasteiger partial charge in [-0.3, -0.25) is 0 Å². The van der Waals surface area contributed by atoms with Gasteiger partial charge < -0.3 is 0 Å². The van der Waals surface area contributed by atoms with Crippen molar-refractivity contribution in [1.29, 1.82) is 0 Å². The molecule has 0 bridgehead atoms. The first-order valence-corrected chi connectivity index (χ1v) is 6.05.